The summed E-state index contributed by atoms with van der Waals surface area (Å²) in [5.41, 5.74) is -0.501. The van der Waals surface area contributed by atoms with Crippen molar-refractivity contribution in [1.82, 2.24) is 19.8 Å². The third kappa shape index (κ3) is 6.58. The van der Waals surface area contributed by atoms with Gasteiger partial charge in [0.15, 0.2) is 5.69 Å². The number of hydrogen-bond donors (Lipinski definition) is 1. The minimum absolute atomic E-state index is 0.120. The quantitative estimate of drug-likeness (QED) is 0.693. The molecular weight excluding hydrogens is 455 g/mol. The highest BCUT2D eigenvalue weighted by atomic mass is 19.1. The lowest BCUT2D eigenvalue weighted by Crippen LogP contribution is -2.44. The Balaban J connectivity index is 1.89. The number of likely N-dealkylation sites (N-methyl/N-ethyl adjacent to an activating group) is 1. The zero-order valence-electron chi connectivity index (χ0n) is 20.9. The number of carbonyl (C=O) groups excluding carboxylic acids is 2. The minimum atomic E-state index is -0.636. The number of aromatic nitrogens is 2. The number of nitrogens with one attached hydrogen (secondary N) is 1. The van der Waals surface area contributed by atoms with Crippen LogP contribution in [0, 0.1) is 5.82 Å². The van der Waals surface area contributed by atoms with E-state index in [9.17, 15) is 18.8 Å². The number of carbonyl (C=O) groups is 2. The van der Waals surface area contributed by atoms with Crippen molar-refractivity contribution in [2.75, 3.05) is 14.2 Å². The highest BCUT2D eigenvalue weighted by Gasteiger charge is 2.30. The number of amides is 2. The molecule has 2 heterocycles. The number of fused-ring (bicyclic) bond motifs is 1. The molecule has 2 amide bonds. The van der Waals surface area contributed by atoms with Gasteiger partial charge in [-0.05, 0) is 57.7 Å². The Morgan fingerprint density at radius 3 is 2.54 bits per heavy atom. The van der Waals surface area contributed by atoms with Crippen LogP contribution in [0.5, 0.6) is 5.75 Å². The van der Waals surface area contributed by atoms with Gasteiger partial charge in [-0.25, -0.2) is 14.2 Å². The summed E-state index contributed by atoms with van der Waals surface area (Å²) in [4.78, 5) is 44.9. The van der Waals surface area contributed by atoms with Gasteiger partial charge in [0.25, 0.3) is 11.5 Å². The molecule has 0 bridgehead atoms. The van der Waals surface area contributed by atoms with E-state index in [0.717, 1.165) is 6.42 Å². The van der Waals surface area contributed by atoms with Crippen molar-refractivity contribution in [1.29, 1.82) is 0 Å². The second-order valence-electron chi connectivity index (χ2n) is 9.62. The summed E-state index contributed by atoms with van der Waals surface area (Å²) < 4.78 is 25.5. The van der Waals surface area contributed by atoms with Crippen molar-refractivity contribution in [2.24, 2.45) is 0 Å². The van der Waals surface area contributed by atoms with Crippen LogP contribution in [0.25, 0.3) is 0 Å². The monoisotopic (exact) mass is 488 g/mol. The minimum Gasteiger partial charge on any atom is -0.489 e. The molecule has 0 radical (unpaired) electrons. The molecule has 0 spiro atoms. The molecule has 190 valence electrons. The summed E-state index contributed by atoms with van der Waals surface area (Å²) in [7, 11) is 2.99. The zero-order valence-corrected chi connectivity index (χ0v) is 20.9. The normalized spacial score (nSPS) is 15.9. The molecule has 10 heteroatoms. The summed E-state index contributed by atoms with van der Waals surface area (Å²) in [6, 6.07) is 5.48. The van der Waals surface area contributed by atoms with Crippen LogP contribution >= 0.6 is 0 Å². The summed E-state index contributed by atoms with van der Waals surface area (Å²) in [5, 5.41) is 2.71. The van der Waals surface area contributed by atoms with Crippen molar-refractivity contribution in [3.05, 3.63) is 57.5 Å². The number of benzene rings is 1. The topological polar surface area (TPSA) is 103 Å². The third-order valence-corrected chi connectivity index (χ3v) is 5.81. The van der Waals surface area contributed by atoms with Crippen LogP contribution in [0.4, 0.5) is 9.18 Å². The molecule has 35 heavy (non-hydrogen) atoms. The molecule has 1 aromatic carbocycles. The molecule has 1 unspecified atom stereocenters. The van der Waals surface area contributed by atoms with Gasteiger partial charge < -0.3 is 19.7 Å². The highest BCUT2D eigenvalue weighted by molar-refractivity contribution is 5.94. The molecule has 0 saturated heterocycles. The third-order valence-electron chi connectivity index (χ3n) is 5.81. The Hall–Kier alpha value is -3.43. The molecule has 2 aromatic rings. The predicted molar refractivity (Wildman–Crippen MR) is 128 cm³/mol. The van der Waals surface area contributed by atoms with Gasteiger partial charge in [0.05, 0.1) is 7.11 Å². The van der Waals surface area contributed by atoms with Crippen LogP contribution in [0.1, 0.15) is 61.9 Å². The van der Waals surface area contributed by atoms with E-state index in [1.807, 2.05) is 0 Å². The van der Waals surface area contributed by atoms with Gasteiger partial charge in [-0.15, -0.1) is 0 Å². The molecule has 3 rings (SSSR count). The lowest BCUT2D eigenvalue weighted by molar-refractivity contribution is 0.0206. The van der Waals surface area contributed by atoms with Crippen molar-refractivity contribution < 1.29 is 23.5 Å². The first-order valence-corrected chi connectivity index (χ1v) is 11.7. The Labute approximate surface area is 204 Å². The van der Waals surface area contributed by atoms with E-state index in [4.69, 9.17) is 9.47 Å². The standard InChI is InChI=1S/C25H33FN4O5/c1-25(2,3)35-24(33)29(4)18-8-6-7-13-30-19(14-18)28-20(21(34-5)23(30)32)22(31)27-15-16-9-11-17(26)12-10-16/h9-12,18H,6-8,13-15H2,1-5H3,(H,27,31). The van der Waals surface area contributed by atoms with Crippen molar-refractivity contribution in [2.45, 2.75) is 71.2 Å². The van der Waals surface area contributed by atoms with E-state index in [-0.39, 0.29) is 36.3 Å². The lowest BCUT2D eigenvalue weighted by Gasteiger charge is -2.32. The fraction of sp³-hybridized carbons (Fsp3) is 0.520. The number of rotatable bonds is 5. The predicted octanol–water partition coefficient (Wildman–Crippen LogP) is 3.28. The number of halogens is 1. The van der Waals surface area contributed by atoms with Gasteiger partial charge in [-0.2, -0.15) is 0 Å². The maximum atomic E-state index is 13.2. The van der Waals surface area contributed by atoms with Crippen molar-refractivity contribution in [3.63, 3.8) is 0 Å². The summed E-state index contributed by atoms with van der Waals surface area (Å²) in [6.45, 7) is 5.98. The number of nitrogens with zero attached hydrogens (tertiary/aromatic N) is 3. The van der Waals surface area contributed by atoms with Crippen LogP contribution < -0.4 is 15.6 Å². The highest BCUT2D eigenvalue weighted by Crippen LogP contribution is 2.21. The van der Waals surface area contributed by atoms with E-state index in [1.54, 1.807) is 40.0 Å². The lowest BCUT2D eigenvalue weighted by atomic mass is 10.0. The Bertz CT molecular complexity index is 1120. The molecule has 1 aliphatic rings. The largest absolute Gasteiger partial charge is 0.489 e. The molecule has 1 aliphatic heterocycles. The van der Waals surface area contributed by atoms with Gasteiger partial charge in [-0.1, -0.05) is 12.1 Å². The maximum Gasteiger partial charge on any atom is 0.410 e. The van der Waals surface area contributed by atoms with Crippen LogP contribution in [0.3, 0.4) is 0 Å². The molecule has 1 N–H and O–H groups in total. The average molecular weight is 489 g/mol. The van der Waals surface area contributed by atoms with Crippen LogP contribution in [0.2, 0.25) is 0 Å². The van der Waals surface area contributed by atoms with E-state index < -0.39 is 23.2 Å². The van der Waals surface area contributed by atoms with E-state index >= 15 is 0 Å². The number of hydrogen-bond acceptors (Lipinski definition) is 6. The second kappa shape index (κ2) is 10.9. The smallest absolute Gasteiger partial charge is 0.410 e. The molecule has 9 nitrogen and oxygen atoms in total. The fourth-order valence-corrected chi connectivity index (χ4v) is 3.95. The summed E-state index contributed by atoms with van der Waals surface area (Å²) in [5.74, 6) is -0.680. The van der Waals surface area contributed by atoms with Crippen LogP contribution in [-0.2, 0) is 24.2 Å². The van der Waals surface area contributed by atoms with Gasteiger partial charge in [-0.3, -0.25) is 14.2 Å². The van der Waals surface area contributed by atoms with E-state index in [2.05, 4.69) is 10.3 Å². The second-order valence-corrected chi connectivity index (χ2v) is 9.62. The Kier molecular flexibility index (Phi) is 8.14. The molecule has 1 aromatic heterocycles. The Morgan fingerprint density at radius 2 is 1.91 bits per heavy atom. The zero-order chi connectivity index (χ0) is 25.8. The first kappa shape index (κ1) is 26.2. The molecule has 0 aliphatic carbocycles. The maximum absolute atomic E-state index is 13.2. The van der Waals surface area contributed by atoms with Crippen LogP contribution in [0.15, 0.2) is 29.1 Å². The fourth-order valence-electron chi connectivity index (χ4n) is 3.95. The van der Waals surface area contributed by atoms with Gasteiger partial charge in [0.2, 0.25) is 5.75 Å². The molecular formula is C25H33FN4O5. The summed E-state index contributed by atoms with van der Waals surface area (Å²) >= 11 is 0. The molecule has 1 atom stereocenters. The Morgan fingerprint density at radius 1 is 1.23 bits per heavy atom. The van der Waals surface area contributed by atoms with Crippen LogP contribution in [-0.4, -0.2) is 52.3 Å². The van der Waals surface area contributed by atoms with Gasteiger partial charge >= 0.3 is 6.09 Å². The van der Waals surface area contributed by atoms with Gasteiger partial charge in [0, 0.05) is 32.6 Å². The van der Waals surface area contributed by atoms with Crippen molar-refractivity contribution in [3.8, 4) is 5.75 Å². The first-order chi connectivity index (χ1) is 16.5. The molecule has 0 fully saturated rings. The summed E-state index contributed by atoms with van der Waals surface area (Å²) in [6.07, 6.45) is 2.07. The SMILES string of the molecule is COc1c(C(=O)NCc2ccc(F)cc2)nc2n(c1=O)CCCCC(N(C)C(=O)OC(C)(C)C)C2. The van der Waals surface area contributed by atoms with E-state index in [0.29, 0.717) is 30.8 Å². The first-order valence-electron chi connectivity index (χ1n) is 11.7. The number of methoxy groups -OCH3 is 1. The van der Waals surface area contributed by atoms with E-state index in [1.165, 1.54) is 28.7 Å². The average Bonchev–Trinajstić information content (AvgIpc) is 2.77. The van der Waals surface area contributed by atoms with Crippen molar-refractivity contribution >= 4 is 12.0 Å². The number of ether oxygens (including phenoxy) is 2. The van der Waals surface area contributed by atoms with Gasteiger partial charge in [0.1, 0.15) is 17.2 Å². The molecule has 0 saturated carbocycles.